The summed E-state index contributed by atoms with van der Waals surface area (Å²) in [5, 5.41) is 10.7. The third kappa shape index (κ3) is 5.13. The van der Waals surface area contributed by atoms with Gasteiger partial charge in [0.1, 0.15) is 23.1 Å². The minimum absolute atomic E-state index is 0.103. The monoisotopic (exact) mass is 523 g/mol. The predicted molar refractivity (Wildman–Crippen MR) is 129 cm³/mol. The van der Waals surface area contributed by atoms with Crippen molar-refractivity contribution in [2.24, 2.45) is 0 Å². The van der Waals surface area contributed by atoms with Crippen molar-refractivity contribution in [1.29, 1.82) is 0 Å². The lowest BCUT2D eigenvalue weighted by Gasteiger charge is -2.22. The fraction of sp³-hybridized carbons (Fsp3) is 0.318. The van der Waals surface area contributed by atoms with Gasteiger partial charge in [-0.25, -0.2) is 0 Å². The molecule has 3 heterocycles. The van der Waals surface area contributed by atoms with Crippen LogP contribution in [0.4, 0.5) is 10.5 Å². The van der Waals surface area contributed by atoms with Gasteiger partial charge in [0.25, 0.3) is 16.8 Å². The van der Waals surface area contributed by atoms with E-state index >= 15 is 0 Å². The minimum atomic E-state index is -0.630. The number of imide groups is 1. The number of hydrogen-bond acceptors (Lipinski definition) is 7. The van der Waals surface area contributed by atoms with Gasteiger partial charge in [-0.2, -0.15) is 0 Å². The van der Waals surface area contributed by atoms with E-state index in [0.717, 1.165) is 42.3 Å². The molecule has 0 spiro atoms. The number of furan rings is 1. The number of hydrogen-bond donors (Lipinski definition) is 0. The van der Waals surface area contributed by atoms with E-state index in [4.69, 9.17) is 27.6 Å². The zero-order valence-electron chi connectivity index (χ0n) is 17.8. The molecule has 0 aliphatic carbocycles. The fourth-order valence-corrected chi connectivity index (χ4v) is 5.13. The van der Waals surface area contributed by atoms with Crippen LogP contribution >= 0.6 is 35.0 Å². The standard InChI is InChI=1S/C22H19Cl2N3O6S/c23-15-11-16(24)17(27(31)32)10-14(15)18-6-5-13(33-18)9-19-21(29)26(22(30)34-19)12-20(28)25-7-3-1-2-4-8-25/h5-6,9-11H,1-4,7-8,12H2. The molecule has 2 saturated heterocycles. The Kier molecular flexibility index (Phi) is 7.30. The summed E-state index contributed by atoms with van der Waals surface area (Å²) in [5.41, 5.74) is -0.0669. The minimum Gasteiger partial charge on any atom is -0.457 e. The normalized spacial score (nSPS) is 18.0. The molecule has 0 N–H and O–H groups in total. The summed E-state index contributed by atoms with van der Waals surface area (Å²) in [6, 6.07) is 5.54. The lowest BCUT2D eigenvalue weighted by molar-refractivity contribution is -0.384. The Morgan fingerprint density at radius 3 is 2.50 bits per heavy atom. The maximum absolute atomic E-state index is 12.8. The maximum Gasteiger partial charge on any atom is 0.294 e. The van der Waals surface area contributed by atoms with Crippen LogP contribution in [0.1, 0.15) is 31.4 Å². The van der Waals surface area contributed by atoms with Crippen molar-refractivity contribution in [1.82, 2.24) is 9.80 Å². The zero-order chi connectivity index (χ0) is 24.4. The number of likely N-dealkylation sites (tertiary alicyclic amines) is 1. The van der Waals surface area contributed by atoms with E-state index in [2.05, 4.69) is 0 Å². The van der Waals surface area contributed by atoms with Gasteiger partial charge in [0.2, 0.25) is 5.91 Å². The number of carbonyl (C=O) groups is 3. The van der Waals surface area contributed by atoms with Gasteiger partial charge in [0.15, 0.2) is 0 Å². The maximum atomic E-state index is 12.8. The zero-order valence-corrected chi connectivity index (χ0v) is 20.1. The van der Waals surface area contributed by atoms with Crippen molar-refractivity contribution in [3.63, 3.8) is 0 Å². The van der Waals surface area contributed by atoms with Gasteiger partial charge in [-0.15, -0.1) is 0 Å². The number of benzene rings is 1. The molecule has 9 nitrogen and oxygen atoms in total. The molecule has 34 heavy (non-hydrogen) atoms. The van der Waals surface area contributed by atoms with Crippen LogP contribution < -0.4 is 0 Å². The Hall–Kier alpha value is -2.82. The van der Waals surface area contributed by atoms with Gasteiger partial charge in [-0.1, -0.05) is 36.0 Å². The van der Waals surface area contributed by atoms with Gasteiger partial charge in [0, 0.05) is 30.8 Å². The summed E-state index contributed by atoms with van der Waals surface area (Å²) in [5.74, 6) is -0.347. The van der Waals surface area contributed by atoms with Gasteiger partial charge in [-0.3, -0.25) is 29.4 Å². The van der Waals surface area contributed by atoms with E-state index in [1.165, 1.54) is 24.3 Å². The first-order valence-corrected chi connectivity index (χ1v) is 12.1. The molecule has 12 heteroatoms. The molecular formula is C22H19Cl2N3O6S. The van der Waals surface area contributed by atoms with Crippen molar-refractivity contribution in [2.75, 3.05) is 19.6 Å². The van der Waals surface area contributed by atoms with Crippen molar-refractivity contribution in [2.45, 2.75) is 25.7 Å². The first kappa shape index (κ1) is 24.3. The third-order valence-electron chi connectivity index (χ3n) is 5.52. The van der Waals surface area contributed by atoms with Gasteiger partial charge in [0.05, 0.1) is 14.9 Å². The van der Waals surface area contributed by atoms with E-state index in [1.54, 1.807) is 11.0 Å². The number of nitrogens with zero attached hydrogens (tertiary/aromatic N) is 3. The molecular weight excluding hydrogens is 505 g/mol. The second-order valence-corrected chi connectivity index (χ2v) is 9.61. The highest BCUT2D eigenvalue weighted by Gasteiger charge is 2.37. The molecule has 0 atom stereocenters. The number of thioether (sulfide) groups is 1. The smallest absolute Gasteiger partial charge is 0.294 e. The SMILES string of the molecule is O=C(CN1C(=O)SC(=Cc2ccc(-c3cc([N+](=O)[O-])c(Cl)cc3Cl)o2)C1=O)N1CCCCCC1. The molecule has 2 aromatic rings. The third-order valence-corrected chi connectivity index (χ3v) is 7.05. The highest BCUT2D eigenvalue weighted by Crippen LogP contribution is 2.38. The van der Waals surface area contributed by atoms with Crippen LogP contribution in [0.15, 0.2) is 33.6 Å². The number of halogens is 2. The molecule has 2 aliphatic rings. The molecule has 178 valence electrons. The largest absolute Gasteiger partial charge is 0.457 e. The van der Waals surface area contributed by atoms with Gasteiger partial charge in [-0.05, 0) is 42.8 Å². The quantitative estimate of drug-likeness (QED) is 0.284. The molecule has 3 amide bonds. The highest BCUT2D eigenvalue weighted by molar-refractivity contribution is 8.18. The summed E-state index contributed by atoms with van der Waals surface area (Å²) >= 11 is 12.8. The van der Waals surface area contributed by atoms with Crippen LogP contribution in [0.5, 0.6) is 0 Å². The molecule has 0 saturated carbocycles. The molecule has 2 fully saturated rings. The fourth-order valence-electron chi connectivity index (χ4n) is 3.76. The average Bonchev–Trinajstić information content (AvgIpc) is 3.20. The van der Waals surface area contributed by atoms with E-state index in [9.17, 15) is 24.5 Å². The van der Waals surface area contributed by atoms with Crippen molar-refractivity contribution < 1.29 is 23.7 Å². The predicted octanol–water partition coefficient (Wildman–Crippen LogP) is 5.60. The Labute approximate surface area is 208 Å². The first-order valence-electron chi connectivity index (χ1n) is 10.5. The Bertz CT molecular complexity index is 1200. The highest BCUT2D eigenvalue weighted by atomic mass is 35.5. The van der Waals surface area contributed by atoms with Crippen molar-refractivity contribution in [3.05, 3.63) is 55.1 Å². The van der Waals surface area contributed by atoms with Crippen LogP contribution in [-0.4, -0.2) is 51.4 Å². The summed E-state index contributed by atoms with van der Waals surface area (Å²) in [6.07, 6.45) is 5.34. The number of rotatable bonds is 5. The first-order chi connectivity index (χ1) is 16.2. The van der Waals surface area contributed by atoms with E-state index in [0.29, 0.717) is 13.1 Å². The molecule has 2 aliphatic heterocycles. The second-order valence-electron chi connectivity index (χ2n) is 7.81. The van der Waals surface area contributed by atoms with Crippen molar-refractivity contribution in [3.8, 4) is 11.3 Å². The molecule has 0 bridgehead atoms. The van der Waals surface area contributed by atoms with Crippen LogP contribution in [0.2, 0.25) is 10.0 Å². The molecule has 0 unspecified atom stereocenters. The van der Waals surface area contributed by atoms with E-state index in [-0.39, 0.29) is 50.2 Å². The topological polar surface area (TPSA) is 114 Å². The van der Waals surface area contributed by atoms with Crippen molar-refractivity contribution >= 4 is 63.8 Å². The lowest BCUT2D eigenvalue weighted by Crippen LogP contribution is -2.42. The summed E-state index contributed by atoms with van der Waals surface area (Å²) in [7, 11) is 0. The van der Waals surface area contributed by atoms with E-state index < -0.39 is 16.1 Å². The summed E-state index contributed by atoms with van der Waals surface area (Å²) in [6.45, 7) is 0.965. The summed E-state index contributed by atoms with van der Waals surface area (Å²) < 4.78 is 5.70. The van der Waals surface area contributed by atoms with Crippen LogP contribution in [-0.2, 0) is 9.59 Å². The van der Waals surface area contributed by atoms with Crippen LogP contribution in [0.3, 0.4) is 0 Å². The molecule has 1 aromatic carbocycles. The molecule has 1 aromatic heterocycles. The van der Waals surface area contributed by atoms with Crippen LogP contribution in [0.25, 0.3) is 17.4 Å². The Morgan fingerprint density at radius 1 is 1.12 bits per heavy atom. The number of nitro benzene ring substituents is 1. The van der Waals surface area contributed by atoms with E-state index in [1.807, 2.05) is 0 Å². The number of carbonyl (C=O) groups excluding carboxylic acids is 3. The van der Waals surface area contributed by atoms with Crippen LogP contribution in [0, 0.1) is 10.1 Å². The molecule has 0 radical (unpaired) electrons. The summed E-state index contributed by atoms with van der Waals surface area (Å²) in [4.78, 5) is 51.1. The second kappa shape index (κ2) is 10.2. The van der Waals surface area contributed by atoms with Gasteiger partial charge < -0.3 is 9.32 Å². The Morgan fingerprint density at radius 2 is 1.82 bits per heavy atom. The average molecular weight is 524 g/mol. The molecule has 4 rings (SSSR count). The van der Waals surface area contributed by atoms with Gasteiger partial charge >= 0.3 is 0 Å². The number of nitro groups is 1. The lowest BCUT2D eigenvalue weighted by atomic mass is 10.1. The number of amides is 3. The Balaban J connectivity index is 1.51.